The number of rotatable bonds is 6. The molecular weight excluding hydrogens is 402 g/mol. The number of amides is 2. The molecule has 2 amide bonds. The highest BCUT2D eigenvalue weighted by atomic mass is 32.1. The van der Waals surface area contributed by atoms with Gasteiger partial charge in [0.05, 0.1) is 6.61 Å². The van der Waals surface area contributed by atoms with Gasteiger partial charge in [-0.25, -0.2) is 0 Å². The third-order valence-electron chi connectivity index (χ3n) is 4.06. The summed E-state index contributed by atoms with van der Waals surface area (Å²) < 4.78 is 10.8. The quantitative estimate of drug-likeness (QED) is 0.417. The highest BCUT2D eigenvalue weighted by Crippen LogP contribution is 2.20. The molecule has 0 aliphatic heterocycles. The maximum absolute atomic E-state index is 12.2. The number of benzene rings is 3. The molecule has 0 unspecified atom stereocenters. The zero-order valence-corrected chi connectivity index (χ0v) is 17.1. The van der Waals surface area contributed by atoms with Gasteiger partial charge in [-0.2, -0.15) is 0 Å². The summed E-state index contributed by atoms with van der Waals surface area (Å²) in [7, 11) is 0. The van der Waals surface area contributed by atoms with Gasteiger partial charge in [-0.3, -0.25) is 25.8 Å². The third-order valence-corrected chi connectivity index (χ3v) is 4.27. The van der Waals surface area contributed by atoms with Gasteiger partial charge < -0.3 is 9.47 Å². The Bertz CT molecular complexity index is 1050. The Hall–Kier alpha value is -3.65. The number of carbonyl (C=O) groups excluding carboxylic acids is 2. The molecule has 0 fully saturated rings. The number of thiocarbonyl (C=S) groups is 1. The zero-order chi connectivity index (χ0) is 21.3. The first kappa shape index (κ1) is 21.1. The summed E-state index contributed by atoms with van der Waals surface area (Å²) in [6, 6.07) is 20.1. The number of hydrazine groups is 1. The van der Waals surface area contributed by atoms with Crippen LogP contribution in [0.4, 0.5) is 0 Å². The summed E-state index contributed by atoms with van der Waals surface area (Å²) in [5, 5.41) is 4.56. The average Bonchev–Trinajstić information content (AvgIpc) is 2.77. The van der Waals surface area contributed by atoms with Crippen molar-refractivity contribution >= 4 is 39.9 Å². The van der Waals surface area contributed by atoms with E-state index < -0.39 is 11.8 Å². The fourth-order valence-electron chi connectivity index (χ4n) is 2.64. The van der Waals surface area contributed by atoms with Crippen molar-refractivity contribution in [3.05, 3.63) is 72.3 Å². The van der Waals surface area contributed by atoms with Crippen molar-refractivity contribution in [2.24, 2.45) is 0 Å². The lowest BCUT2D eigenvalue weighted by atomic mass is 10.1. The van der Waals surface area contributed by atoms with Gasteiger partial charge in [-0.15, -0.1) is 0 Å². The van der Waals surface area contributed by atoms with Crippen molar-refractivity contribution in [3.63, 3.8) is 0 Å². The summed E-state index contributed by atoms with van der Waals surface area (Å²) in [6.07, 6.45) is 0. The van der Waals surface area contributed by atoms with Gasteiger partial charge >= 0.3 is 0 Å². The minimum absolute atomic E-state index is 0.0343. The largest absolute Gasteiger partial charge is 0.494 e. The van der Waals surface area contributed by atoms with Gasteiger partial charge in [-0.05, 0) is 66.3 Å². The van der Waals surface area contributed by atoms with Gasteiger partial charge in [0.15, 0.2) is 11.7 Å². The maximum Gasteiger partial charge on any atom is 0.276 e. The van der Waals surface area contributed by atoms with E-state index in [1.807, 2.05) is 43.3 Å². The van der Waals surface area contributed by atoms with Crippen LogP contribution in [0.1, 0.15) is 17.3 Å². The predicted octanol–water partition coefficient (Wildman–Crippen LogP) is 2.95. The van der Waals surface area contributed by atoms with Crippen LogP contribution < -0.4 is 25.6 Å². The summed E-state index contributed by atoms with van der Waals surface area (Å²) in [4.78, 5) is 24.1. The van der Waals surface area contributed by atoms with Crippen LogP contribution in [0.3, 0.4) is 0 Å². The Morgan fingerprint density at radius 1 is 0.867 bits per heavy atom. The van der Waals surface area contributed by atoms with E-state index >= 15 is 0 Å². The monoisotopic (exact) mass is 423 g/mol. The van der Waals surface area contributed by atoms with Crippen LogP contribution in [-0.4, -0.2) is 30.1 Å². The van der Waals surface area contributed by atoms with Crippen molar-refractivity contribution in [1.82, 2.24) is 16.2 Å². The van der Waals surface area contributed by atoms with E-state index in [1.54, 1.807) is 30.3 Å². The lowest BCUT2D eigenvalue weighted by Gasteiger charge is -2.12. The molecule has 3 N–H and O–H groups in total. The number of carbonyl (C=O) groups is 2. The Kier molecular flexibility index (Phi) is 7.18. The summed E-state index contributed by atoms with van der Waals surface area (Å²) in [6.45, 7) is 2.22. The lowest BCUT2D eigenvalue weighted by Crippen LogP contribution is -2.49. The van der Waals surface area contributed by atoms with Crippen molar-refractivity contribution in [3.8, 4) is 11.5 Å². The maximum atomic E-state index is 12.2. The molecule has 0 heterocycles. The van der Waals surface area contributed by atoms with Crippen LogP contribution in [0.2, 0.25) is 0 Å². The first-order chi connectivity index (χ1) is 14.5. The van der Waals surface area contributed by atoms with E-state index in [2.05, 4.69) is 16.2 Å². The second-order valence-electron chi connectivity index (χ2n) is 6.21. The third kappa shape index (κ3) is 5.92. The Labute approximate surface area is 179 Å². The molecule has 0 saturated heterocycles. The molecule has 0 radical (unpaired) electrons. The molecule has 0 bridgehead atoms. The average molecular weight is 423 g/mol. The van der Waals surface area contributed by atoms with Crippen molar-refractivity contribution in [1.29, 1.82) is 0 Å². The molecule has 154 valence electrons. The van der Waals surface area contributed by atoms with E-state index in [0.29, 0.717) is 23.7 Å². The zero-order valence-electron chi connectivity index (χ0n) is 16.3. The fourth-order valence-corrected chi connectivity index (χ4v) is 2.79. The number of nitrogens with one attached hydrogen (secondary N) is 3. The molecule has 0 spiro atoms. The van der Waals surface area contributed by atoms with Gasteiger partial charge in [-0.1, -0.05) is 30.3 Å². The molecular formula is C22H21N3O4S. The van der Waals surface area contributed by atoms with Crippen LogP contribution in [0.15, 0.2) is 66.7 Å². The molecule has 3 rings (SSSR count). The Morgan fingerprint density at radius 2 is 1.57 bits per heavy atom. The number of fused-ring (bicyclic) bond motifs is 1. The molecule has 8 heteroatoms. The van der Waals surface area contributed by atoms with Gasteiger partial charge in [0.2, 0.25) is 0 Å². The van der Waals surface area contributed by atoms with Crippen LogP contribution in [0.5, 0.6) is 11.5 Å². The topological polar surface area (TPSA) is 88.7 Å². The van der Waals surface area contributed by atoms with E-state index in [9.17, 15) is 9.59 Å². The molecule has 0 aliphatic carbocycles. The first-order valence-electron chi connectivity index (χ1n) is 9.30. The molecule has 3 aromatic rings. The van der Waals surface area contributed by atoms with Gasteiger partial charge in [0, 0.05) is 5.56 Å². The second kappa shape index (κ2) is 10.2. The van der Waals surface area contributed by atoms with Crippen LogP contribution in [0, 0.1) is 0 Å². The summed E-state index contributed by atoms with van der Waals surface area (Å²) >= 11 is 5.02. The van der Waals surface area contributed by atoms with E-state index in [4.69, 9.17) is 21.7 Å². The summed E-state index contributed by atoms with van der Waals surface area (Å²) in [5.41, 5.74) is 5.27. The van der Waals surface area contributed by atoms with E-state index in [1.165, 1.54) is 0 Å². The van der Waals surface area contributed by atoms with Crippen LogP contribution >= 0.6 is 12.2 Å². The second-order valence-corrected chi connectivity index (χ2v) is 6.62. The summed E-state index contributed by atoms with van der Waals surface area (Å²) in [5.74, 6) is 0.404. The molecule has 30 heavy (non-hydrogen) atoms. The minimum Gasteiger partial charge on any atom is -0.494 e. The Morgan fingerprint density at radius 3 is 2.30 bits per heavy atom. The predicted molar refractivity (Wildman–Crippen MR) is 118 cm³/mol. The molecule has 7 nitrogen and oxygen atoms in total. The first-order valence-corrected chi connectivity index (χ1v) is 9.70. The highest BCUT2D eigenvalue weighted by molar-refractivity contribution is 7.80. The smallest absolute Gasteiger partial charge is 0.276 e. The van der Waals surface area contributed by atoms with Crippen molar-refractivity contribution in [2.45, 2.75) is 6.92 Å². The standard InChI is InChI=1S/C22H21N3O4S/c1-2-28-18-10-8-16(9-11-18)21(27)23-22(30)25-24-20(26)14-29-19-12-7-15-5-3-4-6-17(15)13-19/h3-13H,2,14H2,1H3,(H,24,26)(H2,23,25,27,30). The van der Waals surface area contributed by atoms with Gasteiger partial charge in [0.1, 0.15) is 11.5 Å². The number of ether oxygens (including phenoxy) is 2. The van der Waals surface area contributed by atoms with Crippen molar-refractivity contribution in [2.75, 3.05) is 13.2 Å². The van der Waals surface area contributed by atoms with Crippen LogP contribution in [0.25, 0.3) is 10.8 Å². The van der Waals surface area contributed by atoms with Crippen molar-refractivity contribution < 1.29 is 19.1 Å². The van der Waals surface area contributed by atoms with E-state index in [0.717, 1.165) is 10.8 Å². The molecule has 0 aromatic heterocycles. The fraction of sp³-hybridized carbons (Fsp3) is 0.136. The molecule has 0 saturated carbocycles. The van der Waals surface area contributed by atoms with Crippen LogP contribution in [-0.2, 0) is 4.79 Å². The normalized spacial score (nSPS) is 10.2. The lowest BCUT2D eigenvalue weighted by molar-refractivity contribution is -0.123. The SMILES string of the molecule is CCOc1ccc(C(=O)NC(=S)NNC(=O)COc2ccc3ccccc3c2)cc1. The molecule has 0 atom stereocenters. The van der Waals surface area contributed by atoms with Gasteiger partial charge in [0.25, 0.3) is 11.8 Å². The minimum atomic E-state index is -0.444. The highest BCUT2D eigenvalue weighted by Gasteiger charge is 2.09. The Balaban J connectivity index is 1.42. The van der Waals surface area contributed by atoms with E-state index in [-0.39, 0.29) is 11.7 Å². The molecule has 0 aliphatic rings. The number of hydrogen-bond donors (Lipinski definition) is 3. The molecule has 3 aromatic carbocycles. The number of hydrogen-bond acceptors (Lipinski definition) is 5.